The summed E-state index contributed by atoms with van der Waals surface area (Å²) in [5.41, 5.74) is 2.40. The van der Waals surface area contributed by atoms with Crippen LogP contribution in [0.4, 0.5) is 5.69 Å². The third kappa shape index (κ3) is 6.23. The molecule has 1 aliphatic rings. The van der Waals surface area contributed by atoms with Crippen molar-refractivity contribution < 1.29 is 13.2 Å². The van der Waals surface area contributed by atoms with Gasteiger partial charge in [-0.05, 0) is 87.6 Å². The van der Waals surface area contributed by atoms with E-state index in [1.54, 1.807) is 42.7 Å². The Balaban J connectivity index is 1.21. The third-order valence-corrected chi connectivity index (χ3v) is 11.3. The van der Waals surface area contributed by atoms with Gasteiger partial charge >= 0.3 is 0 Å². The summed E-state index contributed by atoms with van der Waals surface area (Å²) in [4.78, 5) is 19.3. The molecule has 11 heteroatoms. The monoisotopic (exact) mass is 627 g/mol. The minimum atomic E-state index is -3.88. The van der Waals surface area contributed by atoms with Crippen LogP contribution in [0.5, 0.6) is 0 Å². The summed E-state index contributed by atoms with van der Waals surface area (Å²) in [6.07, 6.45) is 3.92. The number of amides is 1. The number of hydrogen-bond donors (Lipinski definition) is 2. The summed E-state index contributed by atoms with van der Waals surface area (Å²) in [5, 5.41) is 6.57. The fraction of sp³-hybridized carbons (Fsp3) is 0.387. The Kier molecular flexibility index (Phi) is 9.01. The molecular formula is C31H38ClN5O3S2. The van der Waals surface area contributed by atoms with E-state index >= 15 is 0 Å². The second-order valence-corrected chi connectivity index (χ2v) is 14.3. The highest BCUT2D eigenvalue weighted by Crippen LogP contribution is 2.39. The van der Waals surface area contributed by atoms with Gasteiger partial charge in [-0.15, -0.1) is 11.3 Å². The van der Waals surface area contributed by atoms with Gasteiger partial charge in [0.1, 0.15) is 6.54 Å². The number of hydrogen-bond acceptors (Lipinski definition) is 6. The third-order valence-electron chi connectivity index (χ3n) is 8.36. The molecule has 4 aromatic rings. The van der Waals surface area contributed by atoms with E-state index in [4.69, 9.17) is 11.6 Å². The molecule has 8 nitrogen and oxygen atoms in total. The van der Waals surface area contributed by atoms with Gasteiger partial charge in [-0.25, -0.2) is 8.42 Å². The van der Waals surface area contributed by atoms with Crippen LogP contribution in [0.1, 0.15) is 28.8 Å². The van der Waals surface area contributed by atoms with E-state index in [2.05, 4.69) is 51.4 Å². The number of carbonyl (C=O) groups is 1. The van der Waals surface area contributed by atoms with E-state index in [0.29, 0.717) is 33.9 Å². The van der Waals surface area contributed by atoms with Crippen LogP contribution in [0.2, 0.25) is 5.02 Å². The maximum Gasteiger partial charge on any atom is 0.262 e. The van der Waals surface area contributed by atoms with Crippen molar-refractivity contribution in [2.45, 2.75) is 43.7 Å². The number of anilines is 1. The lowest BCUT2D eigenvalue weighted by molar-refractivity contribution is -0.121. The number of halogens is 1. The smallest absolute Gasteiger partial charge is 0.262 e. The maximum atomic E-state index is 13.4. The molecule has 0 bridgehead atoms. The van der Waals surface area contributed by atoms with Gasteiger partial charge in [0.25, 0.3) is 10.0 Å². The Bertz CT molecular complexity index is 1670. The van der Waals surface area contributed by atoms with Crippen LogP contribution in [0.15, 0.2) is 65.0 Å². The van der Waals surface area contributed by atoms with Crippen molar-refractivity contribution in [3.05, 3.63) is 81.1 Å². The molecule has 2 aromatic carbocycles. The Morgan fingerprint density at radius 3 is 2.52 bits per heavy atom. The number of fused-ring (bicyclic) bond motifs is 1. The van der Waals surface area contributed by atoms with E-state index in [1.165, 1.54) is 4.88 Å². The highest BCUT2D eigenvalue weighted by molar-refractivity contribution is 7.92. The molecule has 1 saturated heterocycles. The molecule has 0 spiro atoms. The molecule has 1 fully saturated rings. The van der Waals surface area contributed by atoms with E-state index in [9.17, 15) is 13.2 Å². The van der Waals surface area contributed by atoms with Crippen LogP contribution in [-0.4, -0.2) is 69.0 Å². The molecule has 0 unspecified atom stereocenters. The van der Waals surface area contributed by atoms with Gasteiger partial charge < -0.3 is 14.8 Å². The van der Waals surface area contributed by atoms with Gasteiger partial charge in [-0.3, -0.25) is 14.4 Å². The van der Waals surface area contributed by atoms with Crippen LogP contribution in [0.3, 0.4) is 0 Å². The van der Waals surface area contributed by atoms with Gasteiger partial charge in [-0.1, -0.05) is 29.8 Å². The van der Waals surface area contributed by atoms with Gasteiger partial charge in [0.15, 0.2) is 0 Å². The number of likely N-dealkylation sites (tertiary alicyclic amines) is 1. The van der Waals surface area contributed by atoms with Crippen LogP contribution >= 0.6 is 22.9 Å². The van der Waals surface area contributed by atoms with Crippen LogP contribution in [0.25, 0.3) is 10.9 Å². The van der Waals surface area contributed by atoms with Gasteiger partial charge in [0.05, 0.1) is 21.6 Å². The number of rotatable bonds is 10. The van der Waals surface area contributed by atoms with Crippen LogP contribution < -0.4 is 10.0 Å². The van der Waals surface area contributed by atoms with Crippen molar-refractivity contribution in [3.63, 3.8) is 0 Å². The summed E-state index contributed by atoms with van der Waals surface area (Å²) in [7, 11) is 0.443. The lowest BCUT2D eigenvalue weighted by Crippen LogP contribution is -2.51. The van der Waals surface area contributed by atoms with Gasteiger partial charge in [0.2, 0.25) is 5.91 Å². The van der Waals surface area contributed by atoms with Crippen molar-refractivity contribution >= 4 is 55.5 Å². The number of sulfonamides is 1. The molecule has 3 heterocycles. The quantitative estimate of drug-likeness (QED) is 0.244. The zero-order valence-electron chi connectivity index (χ0n) is 24.5. The van der Waals surface area contributed by atoms with Gasteiger partial charge in [-0.2, -0.15) is 0 Å². The van der Waals surface area contributed by atoms with Crippen molar-refractivity contribution in [2.75, 3.05) is 45.0 Å². The average molecular weight is 628 g/mol. The predicted molar refractivity (Wildman–Crippen MR) is 172 cm³/mol. The number of thiophene rings is 1. The van der Waals surface area contributed by atoms with Crippen molar-refractivity contribution in [1.82, 2.24) is 19.7 Å². The lowest BCUT2D eigenvalue weighted by Gasteiger charge is -2.45. The summed E-state index contributed by atoms with van der Waals surface area (Å²) >= 11 is 8.01. The number of nitrogens with zero attached hydrogens (tertiary/aromatic N) is 3. The summed E-state index contributed by atoms with van der Waals surface area (Å²) in [6, 6.07) is 14.9. The van der Waals surface area contributed by atoms with Crippen molar-refractivity contribution in [1.29, 1.82) is 0 Å². The zero-order chi connectivity index (χ0) is 30.1. The first-order valence-corrected chi connectivity index (χ1v) is 16.8. The Morgan fingerprint density at radius 1 is 1.07 bits per heavy atom. The molecule has 5 rings (SSSR count). The molecule has 0 atom stereocenters. The molecular weight excluding hydrogens is 590 g/mol. The van der Waals surface area contributed by atoms with E-state index in [0.717, 1.165) is 37.9 Å². The van der Waals surface area contributed by atoms with Gasteiger partial charge in [0, 0.05) is 47.7 Å². The highest BCUT2D eigenvalue weighted by atomic mass is 35.5. The summed E-state index contributed by atoms with van der Waals surface area (Å²) < 4.78 is 31.3. The molecule has 42 heavy (non-hydrogen) atoms. The number of nitrogens with one attached hydrogen (secondary N) is 2. The molecule has 2 aromatic heterocycles. The summed E-state index contributed by atoms with van der Waals surface area (Å²) in [6.45, 7) is 6.88. The number of carbonyl (C=O) groups excluding carboxylic acids is 1. The van der Waals surface area contributed by atoms with E-state index < -0.39 is 10.0 Å². The first-order chi connectivity index (χ1) is 20.0. The number of aromatic nitrogens is 1. The largest absolute Gasteiger partial charge is 0.353 e. The second kappa shape index (κ2) is 12.4. The Labute approximate surface area is 257 Å². The normalized spacial score (nSPS) is 15.8. The van der Waals surface area contributed by atoms with Crippen LogP contribution in [0, 0.1) is 13.8 Å². The van der Waals surface area contributed by atoms with Crippen LogP contribution in [-0.2, 0) is 26.9 Å². The molecule has 1 amide bonds. The minimum Gasteiger partial charge on any atom is -0.353 e. The fourth-order valence-corrected chi connectivity index (χ4v) is 8.55. The van der Waals surface area contributed by atoms with E-state index in [1.807, 2.05) is 29.7 Å². The average Bonchev–Trinajstić information content (AvgIpc) is 3.62. The van der Waals surface area contributed by atoms with E-state index in [-0.39, 0.29) is 22.9 Å². The SMILES string of the molecule is Cc1cc(S(=O)(=O)Nc2cccc3ccn(CC(=O)NCCN4CCC(c5cccs5)(N(C)C)CC4)c23)c(C)cc1Cl. The predicted octanol–water partition coefficient (Wildman–Crippen LogP) is 5.44. The lowest BCUT2D eigenvalue weighted by atomic mass is 9.84. The topological polar surface area (TPSA) is 86.7 Å². The zero-order valence-corrected chi connectivity index (χ0v) is 26.9. The standard InChI is InChI=1S/C31H38ClN5O3S2/c1-22-20-27(23(2)19-25(22)32)42(39,40)34-26-8-5-7-24-10-14-37(30(24)26)21-29(38)33-13-17-36-15-11-31(12-16-36,35(3)4)28-9-6-18-41-28/h5-10,14,18-20,34H,11-13,15-17,21H2,1-4H3,(H,33,38). The number of piperidine rings is 1. The van der Waals surface area contributed by atoms with Crippen molar-refractivity contribution in [2.24, 2.45) is 0 Å². The first-order valence-electron chi connectivity index (χ1n) is 14.1. The Morgan fingerprint density at radius 2 is 1.83 bits per heavy atom. The maximum absolute atomic E-state index is 13.4. The molecule has 0 saturated carbocycles. The van der Waals surface area contributed by atoms with Crippen molar-refractivity contribution in [3.8, 4) is 0 Å². The minimum absolute atomic E-state index is 0.0771. The second-order valence-electron chi connectivity index (χ2n) is 11.3. The number of para-hydroxylation sites is 1. The molecule has 1 aliphatic heterocycles. The molecule has 224 valence electrons. The molecule has 0 aliphatic carbocycles. The number of aryl methyl sites for hydroxylation is 2. The molecule has 2 N–H and O–H groups in total. The Hall–Kier alpha value is -2.89. The highest BCUT2D eigenvalue weighted by Gasteiger charge is 2.38. The molecule has 0 radical (unpaired) electrons. The fourth-order valence-electron chi connectivity index (χ4n) is 5.89. The number of benzene rings is 2. The first kappa shape index (κ1) is 30.6. The summed E-state index contributed by atoms with van der Waals surface area (Å²) in [5.74, 6) is -0.118.